The number of hydrogen-bond acceptors (Lipinski definition) is 4. The minimum atomic E-state index is -0.359. The van der Waals surface area contributed by atoms with Crippen molar-refractivity contribution in [3.63, 3.8) is 0 Å². The van der Waals surface area contributed by atoms with Gasteiger partial charge in [0.05, 0.1) is 21.8 Å². The summed E-state index contributed by atoms with van der Waals surface area (Å²) in [7, 11) is 0. The van der Waals surface area contributed by atoms with E-state index in [9.17, 15) is 14.4 Å². The van der Waals surface area contributed by atoms with Crippen molar-refractivity contribution >= 4 is 40.7 Å². The van der Waals surface area contributed by atoms with Gasteiger partial charge in [0.25, 0.3) is 11.8 Å². The number of nitrogens with one attached hydrogen (secondary N) is 1. The molecule has 0 radical (unpaired) electrons. The largest absolute Gasteiger partial charge is 0.371 e. The second kappa shape index (κ2) is 7.64. The molecule has 2 heterocycles. The lowest BCUT2D eigenvalue weighted by Crippen LogP contribution is -2.32. The maximum Gasteiger partial charge on any atom is 0.261 e. The summed E-state index contributed by atoms with van der Waals surface area (Å²) in [6.45, 7) is 2.02. The van der Waals surface area contributed by atoms with Crippen molar-refractivity contribution in [2.75, 3.05) is 29.9 Å². The van der Waals surface area contributed by atoms with Crippen molar-refractivity contribution in [2.24, 2.45) is 0 Å². The average molecular weight is 398 g/mol. The summed E-state index contributed by atoms with van der Waals surface area (Å²) in [5.41, 5.74) is 2.33. The molecule has 0 aliphatic carbocycles. The number of nitrogens with zero attached hydrogens (tertiary/aromatic N) is 2. The summed E-state index contributed by atoms with van der Waals surface area (Å²) in [6.07, 6.45) is 2.32. The molecule has 2 aromatic rings. The summed E-state index contributed by atoms with van der Waals surface area (Å²) >= 11 is 6.23. The fraction of sp³-hybridized carbons (Fsp3) is 0.286. The molecule has 7 heteroatoms. The monoisotopic (exact) mass is 397 g/mol. The standard InChI is InChI=1S/C21H20ClN3O3/c22-17-8-7-14(24-10-3-4-11-24)13-18(17)23-19(26)9-12-25-20(27)15-5-1-2-6-16(15)21(25)28/h1-2,5-8,13H,3-4,9-12H2,(H,23,26). The lowest BCUT2D eigenvalue weighted by atomic mass is 10.1. The molecule has 2 aliphatic heterocycles. The van der Waals surface area contributed by atoms with Crippen LogP contribution in [0, 0.1) is 0 Å². The van der Waals surface area contributed by atoms with Crippen LogP contribution in [-0.2, 0) is 4.79 Å². The van der Waals surface area contributed by atoms with Gasteiger partial charge in [-0.3, -0.25) is 19.3 Å². The van der Waals surface area contributed by atoms with Crippen molar-refractivity contribution in [2.45, 2.75) is 19.3 Å². The van der Waals surface area contributed by atoms with Gasteiger partial charge >= 0.3 is 0 Å². The molecular formula is C21H20ClN3O3. The van der Waals surface area contributed by atoms with Crippen LogP contribution in [0.4, 0.5) is 11.4 Å². The number of amides is 3. The predicted octanol–water partition coefficient (Wildman–Crippen LogP) is 3.57. The number of hydrogen-bond donors (Lipinski definition) is 1. The highest BCUT2D eigenvalue weighted by Crippen LogP contribution is 2.30. The van der Waals surface area contributed by atoms with Crippen molar-refractivity contribution in [1.29, 1.82) is 0 Å². The molecule has 1 saturated heterocycles. The van der Waals surface area contributed by atoms with Crippen molar-refractivity contribution < 1.29 is 14.4 Å². The van der Waals surface area contributed by atoms with Crippen LogP contribution in [0.2, 0.25) is 5.02 Å². The maximum absolute atomic E-state index is 12.4. The van der Waals surface area contributed by atoms with Gasteiger partial charge < -0.3 is 10.2 Å². The lowest BCUT2D eigenvalue weighted by Gasteiger charge is -2.19. The minimum absolute atomic E-state index is 0.00966. The zero-order chi connectivity index (χ0) is 19.7. The number of benzene rings is 2. The van der Waals surface area contributed by atoms with E-state index in [1.54, 1.807) is 30.3 Å². The molecule has 28 heavy (non-hydrogen) atoms. The number of halogens is 1. The number of carbonyl (C=O) groups is 3. The van der Waals surface area contributed by atoms with Gasteiger partial charge in [-0.05, 0) is 43.2 Å². The summed E-state index contributed by atoms with van der Waals surface area (Å²) < 4.78 is 0. The van der Waals surface area contributed by atoms with Gasteiger partial charge in [-0.2, -0.15) is 0 Å². The smallest absolute Gasteiger partial charge is 0.261 e. The number of carbonyl (C=O) groups excluding carboxylic acids is 3. The van der Waals surface area contributed by atoms with Gasteiger partial charge in [0, 0.05) is 31.7 Å². The van der Waals surface area contributed by atoms with Crippen LogP contribution in [0.25, 0.3) is 0 Å². The zero-order valence-corrected chi connectivity index (χ0v) is 16.0. The van der Waals surface area contributed by atoms with Crippen LogP contribution in [0.1, 0.15) is 40.0 Å². The Balaban J connectivity index is 1.40. The van der Waals surface area contributed by atoms with Gasteiger partial charge in [-0.15, -0.1) is 0 Å². The first-order chi connectivity index (χ1) is 13.5. The van der Waals surface area contributed by atoms with E-state index < -0.39 is 0 Å². The van der Waals surface area contributed by atoms with Crippen molar-refractivity contribution in [3.8, 4) is 0 Å². The van der Waals surface area contributed by atoms with Crippen LogP contribution in [0.15, 0.2) is 42.5 Å². The lowest BCUT2D eigenvalue weighted by molar-refractivity contribution is -0.116. The Labute approximate surface area is 168 Å². The fourth-order valence-corrected chi connectivity index (χ4v) is 3.81. The van der Waals surface area contributed by atoms with Crippen molar-refractivity contribution in [1.82, 2.24) is 4.90 Å². The van der Waals surface area contributed by atoms with Crippen LogP contribution in [0.3, 0.4) is 0 Å². The third-order valence-electron chi connectivity index (χ3n) is 5.14. The van der Waals surface area contributed by atoms with Gasteiger partial charge in [-0.25, -0.2) is 0 Å². The second-order valence-electron chi connectivity index (χ2n) is 6.96. The van der Waals surface area contributed by atoms with Gasteiger partial charge in [0.2, 0.25) is 5.91 Å². The average Bonchev–Trinajstić information content (AvgIpc) is 3.31. The molecule has 3 amide bonds. The summed E-state index contributed by atoms with van der Waals surface area (Å²) in [6, 6.07) is 12.3. The maximum atomic E-state index is 12.4. The van der Waals surface area contributed by atoms with Gasteiger partial charge in [-0.1, -0.05) is 23.7 Å². The van der Waals surface area contributed by atoms with Crippen molar-refractivity contribution in [3.05, 3.63) is 58.6 Å². The van der Waals surface area contributed by atoms with E-state index in [0.29, 0.717) is 21.8 Å². The number of rotatable bonds is 5. The molecule has 144 valence electrons. The van der Waals surface area contributed by atoms with Crippen LogP contribution < -0.4 is 10.2 Å². The highest BCUT2D eigenvalue weighted by Gasteiger charge is 2.35. The van der Waals surface area contributed by atoms with Gasteiger partial charge in [0.15, 0.2) is 0 Å². The molecule has 2 aliphatic rings. The van der Waals surface area contributed by atoms with E-state index >= 15 is 0 Å². The zero-order valence-electron chi connectivity index (χ0n) is 15.3. The first-order valence-electron chi connectivity index (χ1n) is 9.34. The Bertz CT molecular complexity index is 919. The molecule has 0 atom stereocenters. The molecule has 0 spiro atoms. The van der Waals surface area contributed by atoms with Gasteiger partial charge in [0.1, 0.15) is 0 Å². The quantitative estimate of drug-likeness (QED) is 0.783. The van der Waals surface area contributed by atoms with Crippen LogP contribution in [0.5, 0.6) is 0 Å². The Hall–Kier alpha value is -2.86. The number of fused-ring (bicyclic) bond motifs is 1. The molecule has 2 aromatic carbocycles. The second-order valence-corrected chi connectivity index (χ2v) is 7.37. The topological polar surface area (TPSA) is 69.7 Å². The Kier molecular flexibility index (Phi) is 5.05. The van der Waals surface area contributed by atoms with Crippen LogP contribution in [-0.4, -0.2) is 42.3 Å². The van der Waals surface area contributed by atoms with E-state index in [-0.39, 0.29) is 30.7 Å². The molecular weight excluding hydrogens is 378 g/mol. The molecule has 0 aromatic heterocycles. The molecule has 0 saturated carbocycles. The first-order valence-corrected chi connectivity index (χ1v) is 9.72. The number of anilines is 2. The molecule has 0 unspecified atom stereocenters. The Morgan fingerprint density at radius 3 is 2.29 bits per heavy atom. The van der Waals surface area contributed by atoms with E-state index in [2.05, 4.69) is 10.2 Å². The number of imide groups is 1. The molecule has 1 fully saturated rings. The summed E-state index contributed by atoms with van der Waals surface area (Å²) in [5.74, 6) is -1.01. The molecule has 1 N–H and O–H groups in total. The molecule has 6 nitrogen and oxygen atoms in total. The highest BCUT2D eigenvalue weighted by atomic mass is 35.5. The third-order valence-corrected chi connectivity index (χ3v) is 5.47. The Morgan fingerprint density at radius 1 is 1.00 bits per heavy atom. The third kappa shape index (κ3) is 3.47. The van der Waals surface area contributed by atoms with E-state index in [4.69, 9.17) is 11.6 Å². The van der Waals surface area contributed by atoms with Crippen LogP contribution >= 0.6 is 11.6 Å². The minimum Gasteiger partial charge on any atom is -0.371 e. The normalized spacial score (nSPS) is 15.9. The highest BCUT2D eigenvalue weighted by molar-refractivity contribution is 6.33. The fourth-order valence-electron chi connectivity index (χ4n) is 3.65. The SMILES string of the molecule is O=C(CCN1C(=O)c2ccccc2C1=O)Nc1cc(N2CCCC2)ccc1Cl. The van der Waals surface area contributed by atoms with E-state index in [1.807, 2.05) is 12.1 Å². The Morgan fingerprint density at radius 2 is 1.64 bits per heavy atom. The first kappa shape index (κ1) is 18.5. The van der Waals surface area contributed by atoms with E-state index in [0.717, 1.165) is 36.5 Å². The summed E-state index contributed by atoms with van der Waals surface area (Å²) in [4.78, 5) is 40.5. The predicted molar refractivity (Wildman–Crippen MR) is 108 cm³/mol. The molecule has 0 bridgehead atoms. The molecule has 4 rings (SSSR count). The van der Waals surface area contributed by atoms with E-state index in [1.165, 1.54) is 0 Å². The summed E-state index contributed by atoms with van der Waals surface area (Å²) in [5, 5.41) is 3.26.